The predicted molar refractivity (Wildman–Crippen MR) is 101 cm³/mol. The van der Waals surface area contributed by atoms with Crippen LogP contribution in [0.3, 0.4) is 0 Å². The maximum atomic E-state index is 13.4. The van der Waals surface area contributed by atoms with Crippen molar-refractivity contribution in [3.63, 3.8) is 0 Å². The van der Waals surface area contributed by atoms with Gasteiger partial charge in [-0.3, -0.25) is 4.79 Å². The molecular weight excluding hydrogens is 381 g/mol. The van der Waals surface area contributed by atoms with E-state index in [-0.39, 0.29) is 17.8 Å². The third-order valence-corrected chi connectivity index (χ3v) is 6.79. The normalized spacial score (nSPS) is 24.0. The Kier molecular flexibility index (Phi) is 3.87. The standard InChI is InChI=1S/C19H16FN5O2S/c20-13-4-2-12(3-5-13)19-8-7-16(26)25(19)14(10-28-19)18-23-17(24-27-18)11-1-6-15(21)22-9-11/h1-6,9,14H,7-8,10H2,(H2,21,22). The molecule has 4 heterocycles. The molecule has 2 saturated heterocycles. The van der Waals surface area contributed by atoms with Gasteiger partial charge in [0.25, 0.3) is 5.89 Å². The fourth-order valence-electron chi connectivity index (χ4n) is 3.86. The van der Waals surface area contributed by atoms with Crippen molar-refractivity contribution in [1.29, 1.82) is 0 Å². The van der Waals surface area contributed by atoms with Crippen molar-refractivity contribution in [2.45, 2.75) is 23.8 Å². The third-order valence-electron chi connectivity index (χ3n) is 5.19. The number of halogens is 1. The van der Waals surface area contributed by atoms with E-state index in [2.05, 4.69) is 15.1 Å². The molecule has 1 aromatic carbocycles. The highest BCUT2D eigenvalue weighted by Crippen LogP contribution is 2.58. The van der Waals surface area contributed by atoms with Crippen LogP contribution in [0.1, 0.15) is 30.3 Å². The molecule has 0 spiro atoms. The van der Waals surface area contributed by atoms with Crippen LogP contribution in [0.2, 0.25) is 0 Å². The number of hydrogen-bond donors (Lipinski definition) is 1. The highest BCUT2D eigenvalue weighted by Gasteiger charge is 2.56. The first-order valence-corrected chi connectivity index (χ1v) is 9.83. The topological polar surface area (TPSA) is 98.1 Å². The van der Waals surface area contributed by atoms with Crippen LogP contribution in [0.5, 0.6) is 0 Å². The fourth-order valence-corrected chi connectivity index (χ4v) is 5.50. The van der Waals surface area contributed by atoms with Crippen LogP contribution in [0.25, 0.3) is 11.4 Å². The summed E-state index contributed by atoms with van der Waals surface area (Å²) < 4.78 is 18.9. The minimum atomic E-state index is -0.521. The van der Waals surface area contributed by atoms with Gasteiger partial charge in [-0.1, -0.05) is 17.3 Å². The Morgan fingerprint density at radius 1 is 1.25 bits per heavy atom. The summed E-state index contributed by atoms with van der Waals surface area (Å²) >= 11 is 1.66. The number of thioether (sulfide) groups is 1. The van der Waals surface area contributed by atoms with Gasteiger partial charge in [0.1, 0.15) is 22.5 Å². The van der Waals surface area contributed by atoms with Gasteiger partial charge in [0.15, 0.2) is 0 Å². The molecule has 2 unspecified atom stereocenters. The quantitative estimate of drug-likeness (QED) is 0.725. The summed E-state index contributed by atoms with van der Waals surface area (Å²) in [6.45, 7) is 0. The second-order valence-electron chi connectivity index (χ2n) is 6.81. The van der Waals surface area contributed by atoms with Gasteiger partial charge in [-0.05, 0) is 36.2 Å². The Morgan fingerprint density at radius 3 is 2.82 bits per heavy atom. The van der Waals surface area contributed by atoms with E-state index in [4.69, 9.17) is 10.3 Å². The number of nitrogen functional groups attached to an aromatic ring is 1. The van der Waals surface area contributed by atoms with Gasteiger partial charge in [-0.25, -0.2) is 9.37 Å². The lowest BCUT2D eigenvalue weighted by atomic mass is 10.0. The van der Waals surface area contributed by atoms with Crippen molar-refractivity contribution in [2.75, 3.05) is 11.5 Å². The van der Waals surface area contributed by atoms with Gasteiger partial charge in [0.05, 0.1) is 0 Å². The summed E-state index contributed by atoms with van der Waals surface area (Å²) in [6.07, 6.45) is 2.68. The van der Waals surface area contributed by atoms with Crippen LogP contribution in [-0.4, -0.2) is 31.7 Å². The first-order chi connectivity index (χ1) is 13.6. The molecule has 0 saturated carbocycles. The van der Waals surface area contributed by atoms with Crippen LogP contribution in [-0.2, 0) is 9.67 Å². The van der Waals surface area contributed by atoms with Gasteiger partial charge in [-0.2, -0.15) is 4.98 Å². The molecule has 2 aliphatic heterocycles. The SMILES string of the molecule is Nc1ccc(-c2noc(C3CSC4(c5ccc(F)cc5)CCC(=O)N34)n2)cn1. The van der Waals surface area contributed by atoms with Crippen LogP contribution in [0.15, 0.2) is 47.1 Å². The lowest BCUT2D eigenvalue weighted by Crippen LogP contribution is -2.38. The highest BCUT2D eigenvalue weighted by molar-refractivity contribution is 8.00. The number of benzene rings is 1. The number of carbonyl (C=O) groups excluding carboxylic acids is 1. The van der Waals surface area contributed by atoms with Crippen molar-refractivity contribution in [3.8, 4) is 11.4 Å². The number of fused-ring (bicyclic) bond motifs is 1. The Balaban J connectivity index is 1.49. The number of nitrogens with two attached hydrogens (primary N) is 1. The Hall–Kier alpha value is -2.94. The van der Waals surface area contributed by atoms with Crippen molar-refractivity contribution >= 4 is 23.5 Å². The zero-order valence-corrected chi connectivity index (χ0v) is 15.5. The van der Waals surface area contributed by atoms with Gasteiger partial charge < -0.3 is 15.2 Å². The number of rotatable bonds is 3. The summed E-state index contributed by atoms with van der Waals surface area (Å²) in [4.78, 5) is 22.6. The second kappa shape index (κ2) is 6.30. The Morgan fingerprint density at radius 2 is 2.07 bits per heavy atom. The summed E-state index contributed by atoms with van der Waals surface area (Å²) in [5.74, 6) is 1.57. The summed E-state index contributed by atoms with van der Waals surface area (Å²) in [7, 11) is 0. The van der Waals surface area contributed by atoms with E-state index in [9.17, 15) is 9.18 Å². The minimum absolute atomic E-state index is 0.0354. The zero-order chi connectivity index (χ0) is 19.3. The molecule has 0 bridgehead atoms. The molecule has 3 aromatic rings. The van der Waals surface area contributed by atoms with Crippen LogP contribution in [0, 0.1) is 5.82 Å². The van der Waals surface area contributed by atoms with E-state index in [0.29, 0.717) is 41.7 Å². The molecule has 2 atom stereocenters. The monoisotopic (exact) mass is 397 g/mol. The van der Waals surface area contributed by atoms with E-state index >= 15 is 0 Å². The summed E-state index contributed by atoms with van der Waals surface area (Å²) in [5, 5.41) is 4.04. The molecular formula is C19H16FN5O2S. The van der Waals surface area contributed by atoms with E-state index < -0.39 is 4.87 Å². The molecule has 2 aliphatic rings. The maximum Gasteiger partial charge on any atom is 0.250 e. The van der Waals surface area contributed by atoms with E-state index in [0.717, 1.165) is 5.56 Å². The lowest BCUT2D eigenvalue weighted by molar-refractivity contribution is -0.131. The molecule has 1 amide bonds. The molecule has 2 aromatic heterocycles. The van der Waals surface area contributed by atoms with E-state index in [1.807, 2.05) is 4.90 Å². The van der Waals surface area contributed by atoms with Gasteiger partial charge in [0, 0.05) is 23.9 Å². The number of hydrogen-bond acceptors (Lipinski definition) is 7. The van der Waals surface area contributed by atoms with Gasteiger partial charge in [0.2, 0.25) is 11.7 Å². The lowest BCUT2D eigenvalue weighted by Gasteiger charge is -2.33. The maximum absolute atomic E-state index is 13.4. The van der Waals surface area contributed by atoms with Crippen LogP contribution in [0.4, 0.5) is 10.2 Å². The molecule has 0 aliphatic carbocycles. The molecule has 2 N–H and O–H groups in total. The first kappa shape index (κ1) is 17.2. The molecule has 9 heteroatoms. The Labute approximate surface area is 164 Å². The number of amides is 1. The third kappa shape index (κ3) is 2.57. The number of carbonyl (C=O) groups is 1. The average Bonchev–Trinajstić information content (AvgIpc) is 3.39. The molecule has 0 radical (unpaired) electrons. The van der Waals surface area contributed by atoms with Crippen molar-refractivity contribution in [1.82, 2.24) is 20.0 Å². The number of nitrogens with zero attached hydrogens (tertiary/aromatic N) is 4. The first-order valence-electron chi connectivity index (χ1n) is 8.84. The van der Waals surface area contributed by atoms with Crippen LogP contribution < -0.4 is 5.73 Å². The van der Waals surface area contributed by atoms with Gasteiger partial charge >= 0.3 is 0 Å². The molecule has 7 nitrogen and oxygen atoms in total. The summed E-state index contributed by atoms with van der Waals surface area (Å²) in [5.41, 5.74) is 7.22. The number of pyridine rings is 1. The minimum Gasteiger partial charge on any atom is -0.384 e. The summed E-state index contributed by atoms with van der Waals surface area (Å²) in [6, 6.07) is 9.46. The van der Waals surface area contributed by atoms with Crippen molar-refractivity contribution in [3.05, 3.63) is 59.9 Å². The molecule has 28 heavy (non-hydrogen) atoms. The van der Waals surface area contributed by atoms with Crippen LogP contribution >= 0.6 is 11.8 Å². The fraction of sp³-hybridized carbons (Fsp3) is 0.263. The average molecular weight is 397 g/mol. The van der Waals surface area contributed by atoms with Crippen molar-refractivity contribution in [2.24, 2.45) is 0 Å². The smallest absolute Gasteiger partial charge is 0.250 e. The molecule has 5 rings (SSSR count). The second-order valence-corrected chi connectivity index (χ2v) is 8.11. The highest BCUT2D eigenvalue weighted by atomic mass is 32.2. The van der Waals surface area contributed by atoms with Crippen molar-refractivity contribution < 1.29 is 13.7 Å². The largest absolute Gasteiger partial charge is 0.384 e. The van der Waals surface area contributed by atoms with E-state index in [1.54, 1.807) is 42.2 Å². The molecule has 142 valence electrons. The number of anilines is 1. The predicted octanol–water partition coefficient (Wildman–Crippen LogP) is 3.12. The number of aromatic nitrogens is 3. The van der Waals surface area contributed by atoms with E-state index in [1.165, 1.54) is 12.1 Å². The van der Waals surface area contributed by atoms with Gasteiger partial charge in [-0.15, -0.1) is 11.8 Å². The zero-order valence-electron chi connectivity index (χ0n) is 14.7. The Bertz CT molecular complexity index is 1040. The molecule has 2 fully saturated rings.